The van der Waals surface area contributed by atoms with Gasteiger partial charge in [-0.25, -0.2) is 8.42 Å². The van der Waals surface area contributed by atoms with Gasteiger partial charge in [-0.15, -0.1) is 11.8 Å². The Hall–Kier alpha value is -2.52. The quantitative estimate of drug-likeness (QED) is 0.445. The number of nitrogens with zero attached hydrogens (tertiary/aromatic N) is 2. The zero-order valence-electron chi connectivity index (χ0n) is 17.4. The van der Waals surface area contributed by atoms with Crippen molar-refractivity contribution in [2.45, 2.75) is 11.3 Å². The van der Waals surface area contributed by atoms with Crippen molar-refractivity contribution in [3.8, 4) is 0 Å². The average molecular weight is 450 g/mol. The summed E-state index contributed by atoms with van der Waals surface area (Å²) >= 11 is 1.70. The fourth-order valence-corrected chi connectivity index (χ4v) is 4.35. The lowest BCUT2D eigenvalue weighted by Gasteiger charge is -2.22. The summed E-state index contributed by atoms with van der Waals surface area (Å²) in [5, 5.41) is 2.77. The third-order valence-electron chi connectivity index (χ3n) is 4.15. The van der Waals surface area contributed by atoms with Crippen LogP contribution in [0.15, 0.2) is 59.5 Å². The molecular weight excluding hydrogens is 422 g/mol. The molecule has 0 heterocycles. The second-order valence-corrected chi connectivity index (χ2v) is 9.96. The highest BCUT2D eigenvalue weighted by Gasteiger charge is 2.21. The van der Waals surface area contributed by atoms with E-state index in [1.165, 1.54) is 21.9 Å². The fourth-order valence-electron chi connectivity index (χ4n) is 2.62. The summed E-state index contributed by atoms with van der Waals surface area (Å²) in [4.78, 5) is 26.9. The molecule has 0 fully saturated rings. The van der Waals surface area contributed by atoms with E-state index in [1.807, 2.05) is 30.3 Å². The molecule has 0 saturated heterocycles. The molecule has 0 bridgehead atoms. The highest BCUT2D eigenvalue weighted by molar-refractivity contribution is 7.99. The molecule has 7 nitrogen and oxygen atoms in total. The minimum absolute atomic E-state index is 0.182. The molecule has 162 valence electrons. The van der Waals surface area contributed by atoms with Gasteiger partial charge in [-0.1, -0.05) is 18.2 Å². The maximum atomic E-state index is 12.3. The maximum absolute atomic E-state index is 12.3. The number of sulfonamides is 1. The van der Waals surface area contributed by atoms with E-state index in [1.54, 1.807) is 38.0 Å². The van der Waals surface area contributed by atoms with Crippen LogP contribution in [-0.2, 0) is 14.8 Å². The zero-order chi connectivity index (χ0) is 22.1. The van der Waals surface area contributed by atoms with Crippen molar-refractivity contribution in [1.82, 2.24) is 10.2 Å². The van der Waals surface area contributed by atoms with Crippen LogP contribution in [0, 0.1) is 0 Å². The first-order valence-electron chi connectivity index (χ1n) is 9.42. The molecule has 0 saturated carbocycles. The van der Waals surface area contributed by atoms with E-state index in [0.29, 0.717) is 17.8 Å². The number of hydrogen-bond donors (Lipinski definition) is 1. The van der Waals surface area contributed by atoms with E-state index in [-0.39, 0.29) is 18.4 Å². The largest absolute Gasteiger partial charge is 0.354 e. The van der Waals surface area contributed by atoms with Gasteiger partial charge in [-0.2, -0.15) is 0 Å². The molecule has 0 spiro atoms. The molecular formula is C21H27N3O4S2. The molecule has 0 aromatic heterocycles. The minimum atomic E-state index is -3.66. The van der Waals surface area contributed by atoms with Crippen molar-refractivity contribution in [2.24, 2.45) is 0 Å². The molecule has 9 heteroatoms. The third kappa shape index (κ3) is 7.38. The van der Waals surface area contributed by atoms with E-state index in [2.05, 4.69) is 5.32 Å². The SMILES string of the molecule is CN(C)C(=O)c1ccc(N(CC(=O)NCCCSc2ccccc2)S(C)(=O)=O)cc1. The van der Waals surface area contributed by atoms with Gasteiger partial charge >= 0.3 is 0 Å². The molecule has 0 radical (unpaired) electrons. The van der Waals surface area contributed by atoms with Gasteiger partial charge in [0, 0.05) is 31.1 Å². The number of carbonyl (C=O) groups excluding carboxylic acids is 2. The maximum Gasteiger partial charge on any atom is 0.253 e. The van der Waals surface area contributed by atoms with Crippen LogP contribution in [0.2, 0.25) is 0 Å². The highest BCUT2D eigenvalue weighted by Crippen LogP contribution is 2.19. The summed E-state index contributed by atoms with van der Waals surface area (Å²) in [6.45, 7) is 0.151. The summed E-state index contributed by atoms with van der Waals surface area (Å²) < 4.78 is 25.4. The van der Waals surface area contributed by atoms with Gasteiger partial charge in [0.1, 0.15) is 6.54 Å². The number of anilines is 1. The third-order valence-corrected chi connectivity index (χ3v) is 6.39. The Morgan fingerprint density at radius 3 is 2.20 bits per heavy atom. The average Bonchev–Trinajstić information content (AvgIpc) is 2.71. The molecule has 2 rings (SSSR count). The van der Waals surface area contributed by atoms with Crippen LogP contribution in [0.4, 0.5) is 5.69 Å². The van der Waals surface area contributed by atoms with Crippen LogP contribution in [-0.4, -0.2) is 64.3 Å². The molecule has 0 atom stereocenters. The van der Waals surface area contributed by atoms with Crippen LogP contribution in [0.3, 0.4) is 0 Å². The summed E-state index contributed by atoms with van der Waals surface area (Å²) in [6, 6.07) is 16.1. The van der Waals surface area contributed by atoms with Crippen molar-refractivity contribution in [1.29, 1.82) is 0 Å². The Morgan fingerprint density at radius 2 is 1.63 bits per heavy atom. The molecule has 0 unspecified atom stereocenters. The smallest absolute Gasteiger partial charge is 0.253 e. The Bertz CT molecular complexity index is 946. The molecule has 2 aromatic rings. The number of carbonyl (C=O) groups is 2. The van der Waals surface area contributed by atoms with E-state index in [9.17, 15) is 18.0 Å². The van der Waals surface area contributed by atoms with Gasteiger partial charge in [0.25, 0.3) is 5.91 Å². The van der Waals surface area contributed by atoms with E-state index in [4.69, 9.17) is 0 Å². The van der Waals surface area contributed by atoms with Crippen LogP contribution >= 0.6 is 11.8 Å². The van der Waals surface area contributed by atoms with Gasteiger partial charge < -0.3 is 10.2 Å². The van der Waals surface area contributed by atoms with Crippen molar-refractivity contribution in [3.63, 3.8) is 0 Å². The van der Waals surface area contributed by atoms with Gasteiger partial charge in [0.05, 0.1) is 11.9 Å². The zero-order valence-corrected chi connectivity index (χ0v) is 19.0. The topological polar surface area (TPSA) is 86.8 Å². The predicted molar refractivity (Wildman–Crippen MR) is 121 cm³/mol. The first-order valence-corrected chi connectivity index (χ1v) is 12.3. The summed E-state index contributed by atoms with van der Waals surface area (Å²) in [6.07, 6.45) is 1.82. The molecule has 2 aromatic carbocycles. The predicted octanol–water partition coefficient (Wildman–Crippen LogP) is 2.45. The van der Waals surface area contributed by atoms with Crippen molar-refractivity contribution in [2.75, 3.05) is 43.5 Å². The minimum Gasteiger partial charge on any atom is -0.354 e. The molecule has 1 N–H and O–H groups in total. The van der Waals surface area contributed by atoms with Crippen LogP contribution in [0.1, 0.15) is 16.8 Å². The summed E-state index contributed by atoms with van der Waals surface area (Å²) in [5.74, 6) is 0.290. The number of rotatable bonds is 10. The van der Waals surface area contributed by atoms with Crippen molar-refractivity contribution >= 4 is 39.3 Å². The first-order chi connectivity index (χ1) is 14.2. The lowest BCUT2D eigenvalue weighted by atomic mass is 10.2. The Labute approximate surface area is 182 Å². The molecule has 0 aliphatic rings. The monoisotopic (exact) mass is 449 g/mol. The van der Waals surface area contributed by atoms with E-state index >= 15 is 0 Å². The van der Waals surface area contributed by atoms with Gasteiger partial charge in [-0.3, -0.25) is 13.9 Å². The number of amides is 2. The molecule has 0 aliphatic heterocycles. The lowest BCUT2D eigenvalue weighted by molar-refractivity contribution is -0.119. The Kier molecular flexibility index (Phi) is 8.73. The fraction of sp³-hybridized carbons (Fsp3) is 0.333. The van der Waals surface area contributed by atoms with Crippen molar-refractivity contribution in [3.05, 3.63) is 60.2 Å². The van der Waals surface area contributed by atoms with E-state index in [0.717, 1.165) is 22.7 Å². The molecule has 0 aliphatic carbocycles. The number of nitrogens with one attached hydrogen (secondary N) is 1. The standard InChI is InChI=1S/C21H27N3O4S2/c1-23(2)21(26)17-10-12-18(13-11-17)24(30(3,27)28)16-20(25)22-14-7-15-29-19-8-5-4-6-9-19/h4-6,8-13H,7,14-16H2,1-3H3,(H,22,25). The first kappa shape index (κ1) is 23.8. The van der Waals surface area contributed by atoms with Crippen LogP contribution in [0.5, 0.6) is 0 Å². The normalized spacial score (nSPS) is 11.0. The van der Waals surface area contributed by atoms with Crippen molar-refractivity contribution < 1.29 is 18.0 Å². The summed E-state index contributed by atoms with van der Waals surface area (Å²) in [7, 11) is -0.379. The Balaban J connectivity index is 1.90. The highest BCUT2D eigenvalue weighted by atomic mass is 32.2. The van der Waals surface area contributed by atoms with Crippen LogP contribution < -0.4 is 9.62 Å². The lowest BCUT2D eigenvalue weighted by Crippen LogP contribution is -2.40. The van der Waals surface area contributed by atoms with Gasteiger partial charge in [0.2, 0.25) is 15.9 Å². The second kappa shape index (κ2) is 11.0. The molecule has 2 amide bonds. The van der Waals surface area contributed by atoms with E-state index < -0.39 is 10.0 Å². The summed E-state index contributed by atoms with van der Waals surface area (Å²) in [5.41, 5.74) is 0.778. The number of hydrogen-bond acceptors (Lipinski definition) is 5. The van der Waals surface area contributed by atoms with Gasteiger partial charge in [-0.05, 0) is 48.6 Å². The second-order valence-electron chi connectivity index (χ2n) is 6.88. The van der Waals surface area contributed by atoms with Crippen LogP contribution in [0.25, 0.3) is 0 Å². The van der Waals surface area contributed by atoms with Gasteiger partial charge in [0.15, 0.2) is 0 Å². The Morgan fingerprint density at radius 1 is 1.00 bits per heavy atom. The number of benzene rings is 2. The number of thioether (sulfide) groups is 1. The molecule has 30 heavy (non-hydrogen) atoms.